The molecule has 1 aliphatic rings. The lowest BCUT2D eigenvalue weighted by atomic mass is 10.1. The van der Waals surface area contributed by atoms with E-state index < -0.39 is 0 Å². The minimum atomic E-state index is 0. The van der Waals surface area contributed by atoms with Crippen LogP contribution in [-0.4, -0.2) is 50.6 Å². The molecule has 1 fully saturated rings. The molecule has 2 heterocycles. The summed E-state index contributed by atoms with van der Waals surface area (Å²) in [6, 6.07) is 10.2. The van der Waals surface area contributed by atoms with Crippen molar-refractivity contribution in [3.8, 4) is 0 Å². The molecule has 1 aromatic carbocycles. The summed E-state index contributed by atoms with van der Waals surface area (Å²) in [5.41, 5.74) is 0.955. The fraction of sp³-hybridized carbons (Fsp3) is 0.526. The van der Waals surface area contributed by atoms with Gasteiger partial charge in [0.15, 0.2) is 5.96 Å². The van der Waals surface area contributed by atoms with Gasteiger partial charge in [0.1, 0.15) is 11.3 Å². The zero-order valence-electron chi connectivity index (χ0n) is 15.0. The maximum absolute atomic E-state index is 5.84. The van der Waals surface area contributed by atoms with E-state index in [0.29, 0.717) is 0 Å². The highest BCUT2D eigenvalue weighted by Gasteiger charge is 2.09. The summed E-state index contributed by atoms with van der Waals surface area (Å²) in [5.74, 6) is 1.87. The minimum Gasteiger partial charge on any atom is -0.461 e. The molecule has 1 aromatic heterocycles. The van der Waals surface area contributed by atoms with Crippen molar-refractivity contribution >= 4 is 40.9 Å². The maximum atomic E-state index is 5.84. The number of hydrogen-bond acceptors (Lipinski definition) is 3. The van der Waals surface area contributed by atoms with E-state index in [4.69, 9.17) is 4.42 Å². The van der Waals surface area contributed by atoms with E-state index in [9.17, 15) is 0 Å². The first-order chi connectivity index (χ1) is 11.8. The van der Waals surface area contributed by atoms with Crippen LogP contribution in [0.5, 0.6) is 0 Å². The number of likely N-dealkylation sites (tertiary alicyclic amines) is 1. The third kappa shape index (κ3) is 6.18. The van der Waals surface area contributed by atoms with E-state index in [1.807, 2.05) is 25.2 Å². The molecule has 0 unspecified atom stereocenters. The normalized spacial score (nSPS) is 15.8. The molecule has 0 radical (unpaired) electrons. The topological polar surface area (TPSA) is 52.8 Å². The Morgan fingerprint density at radius 1 is 1.12 bits per heavy atom. The molecule has 0 aliphatic carbocycles. The molecule has 2 aromatic rings. The smallest absolute Gasteiger partial charge is 0.191 e. The van der Waals surface area contributed by atoms with Crippen molar-refractivity contribution in [3.05, 3.63) is 36.1 Å². The van der Waals surface area contributed by atoms with Crippen molar-refractivity contribution < 1.29 is 4.42 Å². The number of para-hydroxylation sites is 1. The lowest BCUT2D eigenvalue weighted by molar-refractivity contribution is 0.232. The van der Waals surface area contributed by atoms with Gasteiger partial charge in [0, 0.05) is 38.5 Å². The Hall–Kier alpha value is -1.28. The van der Waals surface area contributed by atoms with Crippen molar-refractivity contribution in [2.75, 3.05) is 39.8 Å². The van der Waals surface area contributed by atoms with Gasteiger partial charge < -0.3 is 20.0 Å². The molecule has 5 nitrogen and oxygen atoms in total. The first-order valence-corrected chi connectivity index (χ1v) is 8.99. The van der Waals surface area contributed by atoms with E-state index in [1.165, 1.54) is 32.4 Å². The van der Waals surface area contributed by atoms with Gasteiger partial charge in [0.2, 0.25) is 0 Å². The fourth-order valence-electron chi connectivity index (χ4n) is 3.20. The van der Waals surface area contributed by atoms with Gasteiger partial charge in [-0.1, -0.05) is 24.6 Å². The number of guanidine groups is 1. The van der Waals surface area contributed by atoms with Gasteiger partial charge in [-0.2, -0.15) is 0 Å². The van der Waals surface area contributed by atoms with Crippen LogP contribution in [0.4, 0.5) is 0 Å². The summed E-state index contributed by atoms with van der Waals surface area (Å²) in [7, 11) is 1.82. The number of piperidine rings is 1. The van der Waals surface area contributed by atoms with Crippen molar-refractivity contribution in [3.63, 3.8) is 0 Å². The molecule has 1 saturated heterocycles. The third-order valence-electron chi connectivity index (χ3n) is 4.53. The van der Waals surface area contributed by atoms with Gasteiger partial charge in [-0.05, 0) is 38.1 Å². The zero-order valence-corrected chi connectivity index (χ0v) is 17.3. The fourth-order valence-corrected chi connectivity index (χ4v) is 3.20. The first-order valence-electron chi connectivity index (χ1n) is 8.99. The Morgan fingerprint density at radius 2 is 1.88 bits per heavy atom. The average molecular weight is 456 g/mol. The van der Waals surface area contributed by atoms with E-state index in [-0.39, 0.29) is 24.0 Å². The lowest BCUT2D eigenvalue weighted by Crippen LogP contribution is -2.43. The average Bonchev–Trinajstić information content (AvgIpc) is 3.04. The molecule has 0 atom stereocenters. The Bertz CT molecular complexity index is 631. The van der Waals surface area contributed by atoms with E-state index in [2.05, 4.69) is 32.7 Å². The van der Waals surface area contributed by atoms with Crippen molar-refractivity contribution in [1.29, 1.82) is 0 Å². The Morgan fingerprint density at radius 3 is 2.64 bits per heavy atom. The molecule has 138 valence electrons. The van der Waals surface area contributed by atoms with Gasteiger partial charge in [0.05, 0.1) is 0 Å². The summed E-state index contributed by atoms with van der Waals surface area (Å²) in [6.45, 7) is 5.30. The number of fused-ring (bicyclic) bond motifs is 1. The van der Waals surface area contributed by atoms with Crippen LogP contribution in [0.25, 0.3) is 11.0 Å². The van der Waals surface area contributed by atoms with Gasteiger partial charge in [-0.25, -0.2) is 0 Å². The highest BCUT2D eigenvalue weighted by Crippen LogP contribution is 2.18. The van der Waals surface area contributed by atoms with E-state index in [0.717, 1.165) is 48.7 Å². The number of nitrogens with zero attached hydrogens (tertiary/aromatic N) is 2. The number of nitrogens with one attached hydrogen (secondary N) is 2. The molecule has 0 bridgehead atoms. The summed E-state index contributed by atoms with van der Waals surface area (Å²) in [5, 5.41) is 7.92. The molecule has 0 spiro atoms. The molecule has 6 heteroatoms. The van der Waals surface area contributed by atoms with Crippen LogP contribution in [-0.2, 0) is 6.42 Å². The van der Waals surface area contributed by atoms with Crippen molar-refractivity contribution in [1.82, 2.24) is 15.5 Å². The minimum absolute atomic E-state index is 0. The van der Waals surface area contributed by atoms with Gasteiger partial charge in [-0.3, -0.25) is 4.99 Å². The first kappa shape index (κ1) is 20.0. The van der Waals surface area contributed by atoms with Crippen LogP contribution in [0, 0.1) is 0 Å². The number of furan rings is 1. The molecule has 3 rings (SSSR count). The van der Waals surface area contributed by atoms with Crippen LogP contribution in [0.3, 0.4) is 0 Å². The monoisotopic (exact) mass is 456 g/mol. The standard InChI is InChI=1S/C19H28N4O.HI/c1-20-19(22-11-14-23-12-5-2-6-13-23)21-10-9-17-15-16-7-3-4-8-18(16)24-17;/h3-4,7-8,15H,2,5-6,9-14H2,1H3,(H2,20,21,22);1H. The number of benzene rings is 1. The number of rotatable bonds is 6. The Balaban J connectivity index is 0.00000225. The van der Waals surface area contributed by atoms with Crippen LogP contribution >= 0.6 is 24.0 Å². The number of aliphatic imine (C=N–C) groups is 1. The second-order valence-corrected chi connectivity index (χ2v) is 6.33. The lowest BCUT2D eigenvalue weighted by Gasteiger charge is -2.26. The number of halogens is 1. The summed E-state index contributed by atoms with van der Waals surface area (Å²) >= 11 is 0. The predicted molar refractivity (Wildman–Crippen MR) is 115 cm³/mol. The molecule has 0 saturated carbocycles. The van der Waals surface area contributed by atoms with Crippen LogP contribution in [0.1, 0.15) is 25.0 Å². The highest BCUT2D eigenvalue weighted by atomic mass is 127. The second-order valence-electron chi connectivity index (χ2n) is 6.33. The van der Waals surface area contributed by atoms with Crippen molar-refractivity contribution in [2.45, 2.75) is 25.7 Å². The molecular formula is C19H29IN4O. The summed E-state index contributed by atoms with van der Waals surface area (Å²) in [6.07, 6.45) is 4.91. The third-order valence-corrected chi connectivity index (χ3v) is 4.53. The quantitative estimate of drug-likeness (QED) is 0.398. The largest absolute Gasteiger partial charge is 0.461 e. The molecule has 25 heavy (non-hydrogen) atoms. The number of hydrogen-bond donors (Lipinski definition) is 2. The van der Waals surface area contributed by atoms with Crippen molar-refractivity contribution in [2.24, 2.45) is 4.99 Å². The Kier molecular flexibility index (Phi) is 8.54. The van der Waals surface area contributed by atoms with Gasteiger partial charge in [0.25, 0.3) is 0 Å². The molecular weight excluding hydrogens is 427 g/mol. The maximum Gasteiger partial charge on any atom is 0.191 e. The van der Waals surface area contributed by atoms with E-state index >= 15 is 0 Å². The molecule has 0 amide bonds. The molecule has 2 N–H and O–H groups in total. The predicted octanol–water partition coefficient (Wildman–Crippen LogP) is 3.24. The second kappa shape index (κ2) is 10.7. The highest BCUT2D eigenvalue weighted by molar-refractivity contribution is 14.0. The van der Waals surface area contributed by atoms with Gasteiger partial charge in [-0.15, -0.1) is 24.0 Å². The Labute approximate surface area is 167 Å². The zero-order chi connectivity index (χ0) is 16.6. The van der Waals surface area contributed by atoms with Gasteiger partial charge >= 0.3 is 0 Å². The summed E-state index contributed by atoms with van der Waals surface area (Å²) in [4.78, 5) is 6.82. The van der Waals surface area contributed by atoms with E-state index in [1.54, 1.807) is 0 Å². The van der Waals surface area contributed by atoms with Crippen LogP contribution in [0.2, 0.25) is 0 Å². The summed E-state index contributed by atoms with van der Waals surface area (Å²) < 4.78 is 5.84. The van der Waals surface area contributed by atoms with Crippen LogP contribution in [0.15, 0.2) is 39.7 Å². The SMILES string of the molecule is CN=C(NCCc1cc2ccccc2o1)NCCN1CCCCC1.I. The molecule has 1 aliphatic heterocycles. The van der Waals surface area contributed by atoms with Crippen LogP contribution < -0.4 is 10.6 Å².